The number of nitrogens with one attached hydrogen (secondary N) is 2. The van der Waals surface area contributed by atoms with Crippen molar-refractivity contribution in [1.29, 1.82) is 0 Å². The molecule has 0 bridgehead atoms. The van der Waals surface area contributed by atoms with E-state index in [1.807, 2.05) is 0 Å². The van der Waals surface area contributed by atoms with E-state index in [4.69, 9.17) is 0 Å². The summed E-state index contributed by atoms with van der Waals surface area (Å²) in [6, 6.07) is 14.0. The number of para-hydroxylation sites is 1. The standard InChI is InChI=1S/C23H31F2N5.HI/c1-26-23(28-18-19-17-20(24)9-10-22(19)25)27-11-5-6-12-29-13-15-30(16-14-29)21-7-3-2-4-8-21;/h2-4,7-10,17H,5-6,11-16,18H2,1H3,(H2,26,27,28);1H. The summed E-state index contributed by atoms with van der Waals surface area (Å²) in [7, 11) is 1.67. The Hall–Kier alpha value is -1.94. The lowest BCUT2D eigenvalue weighted by Crippen LogP contribution is -2.46. The molecule has 1 fully saturated rings. The van der Waals surface area contributed by atoms with Crippen molar-refractivity contribution in [2.75, 3.05) is 51.2 Å². The van der Waals surface area contributed by atoms with Gasteiger partial charge in [-0.3, -0.25) is 9.89 Å². The Morgan fingerprint density at radius 1 is 0.968 bits per heavy atom. The molecule has 31 heavy (non-hydrogen) atoms. The molecule has 2 aromatic rings. The molecule has 0 unspecified atom stereocenters. The third-order valence-electron chi connectivity index (χ3n) is 5.36. The molecule has 170 valence electrons. The number of guanidine groups is 1. The lowest BCUT2D eigenvalue weighted by molar-refractivity contribution is 0.253. The van der Waals surface area contributed by atoms with Crippen molar-refractivity contribution < 1.29 is 8.78 Å². The normalized spacial score (nSPS) is 14.8. The maximum Gasteiger partial charge on any atom is 0.191 e. The molecule has 1 heterocycles. The molecule has 3 rings (SSSR count). The molecule has 0 atom stereocenters. The van der Waals surface area contributed by atoms with Crippen LogP contribution in [-0.2, 0) is 6.54 Å². The van der Waals surface area contributed by atoms with Gasteiger partial charge < -0.3 is 15.5 Å². The molecule has 0 aliphatic carbocycles. The summed E-state index contributed by atoms with van der Waals surface area (Å²) in [6.07, 6.45) is 2.13. The van der Waals surface area contributed by atoms with Crippen molar-refractivity contribution >= 4 is 35.6 Å². The average Bonchev–Trinajstić information content (AvgIpc) is 2.79. The van der Waals surface area contributed by atoms with E-state index in [2.05, 4.69) is 55.8 Å². The maximum atomic E-state index is 13.7. The highest BCUT2D eigenvalue weighted by molar-refractivity contribution is 14.0. The van der Waals surface area contributed by atoms with Crippen molar-refractivity contribution in [3.63, 3.8) is 0 Å². The summed E-state index contributed by atoms with van der Waals surface area (Å²) in [5, 5.41) is 6.27. The molecule has 2 aromatic carbocycles. The van der Waals surface area contributed by atoms with Crippen LogP contribution in [0.15, 0.2) is 53.5 Å². The molecule has 1 aliphatic rings. The molecular weight excluding hydrogens is 511 g/mol. The number of halogens is 3. The van der Waals surface area contributed by atoms with Gasteiger partial charge in [0.25, 0.3) is 0 Å². The molecule has 1 saturated heterocycles. The van der Waals surface area contributed by atoms with Gasteiger partial charge in [0.15, 0.2) is 5.96 Å². The molecule has 0 radical (unpaired) electrons. The monoisotopic (exact) mass is 543 g/mol. The van der Waals surface area contributed by atoms with Crippen LogP contribution in [0.25, 0.3) is 0 Å². The Morgan fingerprint density at radius 3 is 2.42 bits per heavy atom. The van der Waals surface area contributed by atoms with Crippen molar-refractivity contribution in [3.05, 3.63) is 65.7 Å². The van der Waals surface area contributed by atoms with E-state index in [1.54, 1.807) is 7.05 Å². The number of piperazine rings is 1. The van der Waals surface area contributed by atoms with Gasteiger partial charge in [-0.25, -0.2) is 8.78 Å². The number of hydrogen-bond donors (Lipinski definition) is 2. The van der Waals surface area contributed by atoms with Crippen LogP contribution in [0.5, 0.6) is 0 Å². The molecule has 0 amide bonds. The molecular formula is C23H32F2IN5. The van der Waals surface area contributed by atoms with Gasteiger partial charge in [-0.15, -0.1) is 24.0 Å². The summed E-state index contributed by atoms with van der Waals surface area (Å²) in [4.78, 5) is 9.09. The fourth-order valence-corrected chi connectivity index (χ4v) is 3.61. The summed E-state index contributed by atoms with van der Waals surface area (Å²) in [6.45, 7) is 6.37. The molecule has 0 aromatic heterocycles. The van der Waals surface area contributed by atoms with Crippen molar-refractivity contribution in [2.45, 2.75) is 19.4 Å². The number of rotatable bonds is 8. The van der Waals surface area contributed by atoms with E-state index < -0.39 is 11.6 Å². The number of anilines is 1. The van der Waals surface area contributed by atoms with Crippen LogP contribution in [0.3, 0.4) is 0 Å². The van der Waals surface area contributed by atoms with Crippen LogP contribution >= 0.6 is 24.0 Å². The second-order valence-corrected chi connectivity index (χ2v) is 7.46. The van der Waals surface area contributed by atoms with Gasteiger partial charge in [0.2, 0.25) is 0 Å². The third-order valence-corrected chi connectivity index (χ3v) is 5.36. The van der Waals surface area contributed by atoms with Crippen molar-refractivity contribution in [1.82, 2.24) is 15.5 Å². The number of hydrogen-bond acceptors (Lipinski definition) is 3. The van der Waals surface area contributed by atoms with Gasteiger partial charge >= 0.3 is 0 Å². The van der Waals surface area contributed by atoms with Crippen molar-refractivity contribution in [2.24, 2.45) is 4.99 Å². The first-order chi connectivity index (χ1) is 14.7. The first kappa shape index (κ1) is 25.3. The summed E-state index contributed by atoms with van der Waals surface area (Å²) < 4.78 is 27.0. The number of unbranched alkanes of at least 4 members (excludes halogenated alkanes) is 1. The molecule has 2 N–H and O–H groups in total. The van der Waals surface area contributed by atoms with Crippen LogP contribution in [0.1, 0.15) is 18.4 Å². The average molecular weight is 543 g/mol. The summed E-state index contributed by atoms with van der Waals surface area (Å²) in [5.41, 5.74) is 1.59. The van der Waals surface area contributed by atoms with Crippen LogP contribution in [0.2, 0.25) is 0 Å². The van der Waals surface area contributed by atoms with Gasteiger partial charge in [0, 0.05) is 57.6 Å². The second kappa shape index (κ2) is 13.5. The van der Waals surface area contributed by atoms with Gasteiger partial charge in [-0.05, 0) is 49.7 Å². The van der Waals surface area contributed by atoms with Crippen LogP contribution in [0.4, 0.5) is 14.5 Å². The Morgan fingerprint density at radius 2 is 1.71 bits per heavy atom. The van der Waals surface area contributed by atoms with E-state index in [-0.39, 0.29) is 36.1 Å². The van der Waals surface area contributed by atoms with Crippen LogP contribution in [0, 0.1) is 11.6 Å². The van der Waals surface area contributed by atoms with Gasteiger partial charge in [0.05, 0.1) is 0 Å². The zero-order valence-electron chi connectivity index (χ0n) is 18.0. The fourth-order valence-electron chi connectivity index (χ4n) is 3.61. The van der Waals surface area contributed by atoms with E-state index >= 15 is 0 Å². The van der Waals surface area contributed by atoms with Gasteiger partial charge in [-0.2, -0.15) is 0 Å². The molecule has 0 spiro atoms. The summed E-state index contributed by atoms with van der Waals surface area (Å²) >= 11 is 0. The SMILES string of the molecule is CN=C(NCCCCN1CCN(c2ccccc2)CC1)NCc1cc(F)ccc1F.I. The second-order valence-electron chi connectivity index (χ2n) is 7.46. The fraction of sp³-hybridized carbons (Fsp3) is 0.435. The predicted octanol–water partition coefficient (Wildman–Crippen LogP) is 3.85. The third kappa shape index (κ3) is 8.25. The Labute approximate surface area is 200 Å². The molecule has 8 heteroatoms. The number of nitrogens with zero attached hydrogens (tertiary/aromatic N) is 3. The van der Waals surface area contributed by atoms with Crippen LogP contribution < -0.4 is 15.5 Å². The minimum atomic E-state index is -0.444. The Bertz CT molecular complexity index is 811. The van der Waals surface area contributed by atoms with E-state index in [0.717, 1.165) is 64.2 Å². The highest BCUT2D eigenvalue weighted by Gasteiger charge is 2.16. The predicted molar refractivity (Wildman–Crippen MR) is 134 cm³/mol. The smallest absolute Gasteiger partial charge is 0.191 e. The minimum absolute atomic E-state index is 0. The lowest BCUT2D eigenvalue weighted by Gasteiger charge is -2.36. The zero-order chi connectivity index (χ0) is 21.2. The van der Waals surface area contributed by atoms with Gasteiger partial charge in [0.1, 0.15) is 11.6 Å². The minimum Gasteiger partial charge on any atom is -0.369 e. The quantitative estimate of drug-likeness (QED) is 0.230. The Balaban J connectivity index is 0.00000341. The first-order valence-electron chi connectivity index (χ1n) is 10.6. The summed E-state index contributed by atoms with van der Waals surface area (Å²) in [5.74, 6) is -0.275. The highest BCUT2D eigenvalue weighted by Crippen LogP contribution is 2.15. The molecule has 1 aliphatic heterocycles. The largest absolute Gasteiger partial charge is 0.369 e. The maximum absolute atomic E-state index is 13.7. The van der Waals surface area contributed by atoms with Gasteiger partial charge in [-0.1, -0.05) is 18.2 Å². The number of benzene rings is 2. The van der Waals surface area contributed by atoms with Crippen LogP contribution in [-0.4, -0.2) is 57.2 Å². The van der Waals surface area contributed by atoms with E-state index in [9.17, 15) is 8.78 Å². The number of aliphatic imine (C=N–C) groups is 1. The Kier molecular flexibility index (Phi) is 11.0. The highest BCUT2D eigenvalue weighted by atomic mass is 127. The molecule has 5 nitrogen and oxygen atoms in total. The topological polar surface area (TPSA) is 42.9 Å². The first-order valence-corrected chi connectivity index (χ1v) is 10.6. The zero-order valence-corrected chi connectivity index (χ0v) is 20.3. The molecule has 0 saturated carbocycles. The van der Waals surface area contributed by atoms with E-state index in [1.165, 1.54) is 11.8 Å². The lowest BCUT2D eigenvalue weighted by atomic mass is 10.2. The van der Waals surface area contributed by atoms with E-state index in [0.29, 0.717) is 5.96 Å². The van der Waals surface area contributed by atoms with Crippen molar-refractivity contribution in [3.8, 4) is 0 Å².